The number of ether oxygens (including phenoxy) is 3. The Hall–Kier alpha value is -2.76. The highest BCUT2D eigenvalue weighted by Crippen LogP contribution is 2.31. The van der Waals surface area contributed by atoms with Gasteiger partial charge in [0.15, 0.2) is 17.3 Å². The Balaban J connectivity index is 2.34. The Bertz CT molecular complexity index is 761. The number of rotatable bonds is 8. The third-order valence-electron chi connectivity index (χ3n) is 3.64. The fourth-order valence-corrected chi connectivity index (χ4v) is 2.51. The zero-order chi connectivity index (χ0) is 19.1. The second-order valence-corrected chi connectivity index (χ2v) is 5.66. The first-order valence-electron chi connectivity index (χ1n) is 8.79. The lowest BCUT2D eigenvalue weighted by Gasteiger charge is -2.12. The molecule has 1 aromatic carbocycles. The molecule has 6 nitrogen and oxygen atoms in total. The van der Waals surface area contributed by atoms with Crippen LogP contribution in [-0.2, 0) is 9.53 Å². The highest BCUT2D eigenvalue weighted by molar-refractivity contribution is 6.22. The van der Waals surface area contributed by atoms with Crippen molar-refractivity contribution in [3.63, 3.8) is 0 Å². The molecule has 140 valence electrons. The molecule has 0 atom stereocenters. The molecule has 2 rings (SSSR count). The van der Waals surface area contributed by atoms with E-state index in [4.69, 9.17) is 14.2 Å². The second kappa shape index (κ2) is 9.08. The number of carbonyl (C=O) groups excluding carboxylic acids is 1. The largest absolute Gasteiger partial charge is 0.505 e. The summed E-state index contributed by atoms with van der Waals surface area (Å²) in [5, 5.41) is 10.4. The molecule has 1 aromatic rings. The fourth-order valence-electron chi connectivity index (χ4n) is 2.51. The molecule has 0 saturated carbocycles. The van der Waals surface area contributed by atoms with Gasteiger partial charge in [-0.15, -0.1) is 0 Å². The number of aliphatic hydroxyl groups excluding tert-OH is 1. The van der Waals surface area contributed by atoms with Crippen LogP contribution in [0.25, 0.3) is 6.08 Å². The minimum absolute atomic E-state index is 0.103. The molecule has 0 bridgehead atoms. The van der Waals surface area contributed by atoms with Crippen molar-refractivity contribution in [2.24, 2.45) is 4.99 Å². The van der Waals surface area contributed by atoms with Gasteiger partial charge in [0.1, 0.15) is 11.3 Å². The number of carbonyl (C=O) groups is 1. The molecule has 26 heavy (non-hydrogen) atoms. The molecule has 0 fully saturated rings. The predicted molar refractivity (Wildman–Crippen MR) is 101 cm³/mol. The summed E-state index contributed by atoms with van der Waals surface area (Å²) in [6.07, 6.45) is 2.60. The monoisotopic (exact) mass is 359 g/mol. The number of hydrogen-bond donors (Lipinski definition) is 1. The van der Waals surface area contributed by atoms with Gasteiger partial charge in [-0.3, -0.25) is 0 Å². The smallest absolute Gasteiger partial charge is 0.343 e. The van der Waals surface area contributed by atoms with Crippen molar-refractivity contribution < 1.29 is 24.1 Å². The number of aliphatic hydroxyl groups is 1. The minimum atomic E-state index is -0.576. The van der Waals surface area contributed by atoms with Crippen LogP contribution in [0.4, 0.5) is 0 Å². The molecule has 0 aromatic heterocycles. The van der Waals surface area contributed by atoms with Crippen molar-refractivity contribution in [1.82, 2.24) is 0 Å². The zero-order valence-corrected chi connectivity index (χ0v) is 15.7. The van der Waals surface area contributed by atoms with E-state index < -0.39 is 5.97 Å². The lowest BCUT2D eigenvalue weighted by molar-refractivity contribution is -0.138. The summed E-state index contributed by atoms with van der Waals surface area (Å²) in [6, 6.07) is 5.49. The number of aliphatic imine (C=N–C) groups is 1. The summed E-state index contributed by atoms with van der Waals surface area (Å²) in [6.45, 7) is 8.67. The molecule has 6 heteroatoms. The minimum Gasteiger partial charge on any atom is -0.505 e. The van der Waals surface area contributed by atoms with Crippen LogP contribution in [0.5, 0.6) is 11.5 Å². The van der Waals surface area contributed by atoms with E-state index in [0.717, 1.165) is 12.0 Å². The third kappa shape index (κ3) is 4.45. The van der Waals surface area contributed by atoms with Gasteiger partial charge in [-0.1, -0.05) is 13.0 Å². The Morgan fingerprint density at radius 2 is 1.92 bits per heavy atom. The van der Waals surface area contributed by atoms with Crippen molar-refractivity contribution in [2.75, 3.05) is 19.8 Å². The highest BCUT2D eigenvalue weighted by Gasteiger charge is 2.27. The Morgan fingerprint density at radius 1 is 1.15 bits per heavy atom. The van der Waals surface area contributed by atoms with Gasteiger partial charge in [-0.25, -0.2) is 9.79 Å². The van der Waals surface area contributed by atoms with Crippen LogP contribution >= 0.6 is 0 Å². The molecule has 1 aliphatic rings. The number of nitrogens with zero attached hydrogens (tertiary/aromatic N) is 1. The van der Waals surface area contributed by atoms with E-state index in [2.05, 4.69) is 4.99 Å². The quantitative estimate of drug-likeness (QED) is 0.708. The Labute approximate surface area is 153 Å². The van der Waals surface area contributed by atoms with Gasteiger partial charge in [0.25, 0.3) is 0 Å². The normalized spacial score (nSPS) is 15.2. The zero-order valence-electron chi connectivity index (χ0n) is 15.7. The molecule has 0 saturated heterocycles. The van der Waals surface area contributed by atoms with Crippen LogP contribution in [0, 0.1) is 0 Å². The molecule has 1 aliphatic heterocycles. The van der Waals surface area contributed by atoms with Gasteiger partial charge in [-0.05, 0) is 51.0 Å². The lowest BCUT2D eigenvalue weighted by atomic mass is 10.1. The van der Waals surface area contributed by atoms with Gasteiger partial charge in [0.05, 0.1) is 25.5 Å². The fraction of sp³-hybridized carbons (Fsp3) is 0.400. The topological polar surface area (TPSA) is 77.4 Å². The van der Waals surface area contributed by atoms with E-state index in [9.17, 15) is 9.90 Å². The van der Waals surface area contributed by atoms with Crippen molar-refractivity contribution in [3.05, 3.63) is 40.8 Å². The molecule has 1 heterocycles. The molecule has 0 spiro atoms. The molecule has 0 aliphatic carbocycles. The third-order valence-corrected chi connectivity index (χ3v) is 3.64. The molecule has 0 amide bonds. The highest BCUT2D eigenvalue weighted by atomic mass is 16.5. The molecule has 1 N–H and O–H groups in total. The Morgan fingerprint density at radius 3 is 2.58 bits per heavy atom. The van der Waals surface area contributed by atoms with E-state index in [1.807, 2.05) is 32.0 Å². The van der Waals surface area contributed by atoms with E-state index in [1.54, 1.807) is 19.9 Å². The summed E-state index contributed by atoms with van der Waals surface area (Å²) in [5.74, 6) is 0.551. The maximum absolute atomic E-state index is 12.0. The number of esters is 1. The van der Waals surface area contributed by atoms with Crippen LogP contribution in [0.1, 0.15) is 39.7 Å². The SMILES string of the molecule is CCCOc1ccc(/C=C2\N=C(C)C(C(=O)OCC)=C2O)cc1OCC. The number of benzene rings is 1. The maximum Gasteiger partial charge on any atom is 0.343 e. The summed E-state index contributed by atoms with van der Waals surface area (Å²) >= 11 is 0. The van der Waals surface area contributed by atoms with E-state index in [0.29, 0.717) is 36.1 Å². The first-order valence-corrected chi connectivity index (χ1v) is 8.79. The van der Waals surface area contributed by atoms with E-state index in [1.165, 1.54) is 0 Å². The molecule has 0 unspecified atom stereocenters. The lowest BCUT2D eigenvalue weighted by Crippen LogP contribution is -2.13. The van der Waals surface area contributed by atoms with Crippen LogP contribution in [-0.4, -0.2) is 36.6 Å². The molecular weight excluding hydrogens is 334 g/mol. The standard InChI is InChI=1S/C20H25NO5/c1-5-10-26-16-9-8-14(12-17(16)24-6-2)11-15-19(22)18(13(4)21-15)20(23)25-7-3/h8-9,11-12,22H,5-7,10H2,1-4H3/b15-11-. The van der Waals surface area contributed by atoms with Gasteiger partial charge < -0.3 is 19.3 Å². The van der Waals surface area contributed by atoms with Crippen LogP contribution in [0.2, 0.25) is 0 Å². The van der Waals surface area contributed by atoms with Crippen LogP contribution in [0.3, 0.4) is 0 Å². The van der Waals surface area contributed by atoms with Crippen molar-refractivity contribution in [1.29, 1.82) is 0 Å². The van der Waals surface area contributed by atoms with Crippen LogP contribution in [0.15, 0.2) is 40.2 Å². The van der Waals surface area contributed by atoms with Gasteiger partial charge in [0, 0.05) is 0 Å². The van der Waals surface area contributed by atoms with E-state index >= 15 is 0 Å². The number of hydrogen-bond acceptors (Lipinski definition) is 6. The summed E-state index contributed by atoms with van der Waals surface area (Å²) in [7, 11) is 0. The average Bonchev–Trinajstić information content (AvgIpc) is 2.88. The summed E-state index contributed by atoms with van der Waals surface area (Å²) < 4.78 is 16.3. The summed E-state index contributed by atoms with van der Waals surface area (Å²) in [5.41, 5.74) is 1.63. The van der Waals surface area contributed by atoms with Crippen LogP contribution < -0.4 is 9.47 Å². The second-order valence-electron chi connectivity index (χ2n) is 5.66. The average molecular weight is 359 g/mol. The first kappa shape index (κ1) is 19.6. The van der Waals surface area contributed by atoms with Gasteiger partial charge in [0.2, 0.25) is 0 Å². The first-order chi connectivity index (χ1) is 12.5. The Kier molecular flexibility index (Phi) is 6.83. The van der Waals surface area contributed by atoms with Crippen molar-refractivity contribution >= 4 is 17.8 Å². The molecular formula is C20H25NO5. The van der Waals surface area contributed by atoms with Gasteiger partial charge >= 0.3 is 5.97 Å². The summed E-state index contributed by atoms with van der Waals surface area (Å²) in [4.78, 5) is 16.2. The van der Waals surface area contributed by atoms with Crippen molar-refractivity contribution in [3.8, 4) is 11.5 Å². The predicted octanol–water partition coefficient (Wildman–Crippen LogP) is 4.06. The van der Waals surface area contributed by atoms with Crippen molar-refractivity contribution in [2.45, 2.75) is 34.1 Å². The molecule has 0 radical (unpaired) electrons. The van der Waals surface area contributed by atoms with E-state index in [-0.39, 0.29) is 17.9 Å². The maximum atomic E-state index is 12.0. The van der Waals surface area contributed by atoms with Gasteiger partial charge in [-0.2, -0.15) is 0 Å².